The van der Waals surface area contributed by atoms with E-state index < -0.39 is 17.5 Å². The van der Waals surface area contributed by atoms with E-state index in [-0.39, 0.29) is 12.3 Å². The molecule has 7 heteroatoms. The summed E-state index contributed by atoms with van der Waals surface area (Å²) in [5.41, 5.74) is 1.59. The van der Waals surface area contributed by atoms with Crippen LogP contribution >= 0.6 is 0 Å². The van der Waals surface area contributed by atoms with Gasteiger partial charge >= 0.3 is 0 Å². The van der Waals surface area contributed by atoms with E-state index in [1.54, 1.807) is 31.4 Å². The zero-order chi connectivity index (χ0) is 18.7. The number of amides is 1. The number of ether oxygens (including phenoxy) is 2. The second kappa shape index (κ2) is 7.35. The maximum atomic E-state index is 13.2. The highest BCUT2D eigenvalue weighted by molar-refractivity contribution is 5.92. The quantitative estimate of drug-likeness (QED) is 0.753. The van der Waals surface area contributed by atoms with Crippen LogP contribution in [0.1, 0.15) is 5.69 Å². The van der Waals surface area contributed by atoms with Gasteiger partial charge in [0.25, 0.3) is 5.91 Å². The third-order valence-electron chi connectivity index (χ3n) is 3.67. The Morgan fingerprint density at radius 2 is 1.92 bits per heavy atom. The minimum atomic E-state index is -1.04. The summed E-state index contributed by atoms with van der Waals surface area (Å²) in [6.07, 6.45) is 0. The molecule has 1 amide bonds. The number of aryl methyl sites for hydroxylation is 1. The topological polar surface area (TPSA) is 60.5 Å². The molecule has 1 heterocycles. The van der Waals surface area contributed by atoms with Crippen LogP contribution in [0.4, 0.5) is 14.5 Å². The van der Waals surface area contributed by atoms with Gasteiger partial charge in [0.15, 0.2) is 18.2 Å². The lowest BCUT2D eigenvalue weighted by Gasteiger charge is -2.11. The fraction of sp³-hybridized carbons (Fsp3) is 0.158. The first-order valence-electron chi connectivity index (χ1n) is 7.79. The molecule has 3 rings (SSSR count). The number of benzene rings is 2. The van der Waals surface area contributed by atoms with Crippen molar-refractivity contribution in [2.45, 2.75) is 6.92 Å². The molecule has 134 valence electrons. The van der Waals surface area contributed by atoms with Gasteiger partial charge < -0.3 is 14.8 Å². The molecule has 0 fully saturated rings. The van der Waals surface area contributed by atoms with E-state index in [0.29, 0.717) is 22.4 Å². The lowest BCUT2D eigenvalue weighted by atomic mass is 10.1. The van der Waals surface area contributed by atoms with Crippen molar-refractivity contribution < 1.29 is 23.0 Å². The first-order valence-corrected chi connectivity index (χ1v) is 7.79. The summed E-state index contributed by atoms with van der Waals surface area (Å²) in [6.45, 7) is 1.52. The number of nitrogens with zero attached hydrogens (tertiary/aromatic N) is 1. The summed E-state index contributed by atoms with van der Waals surface area (Å²) in [6, 6.07) is 10.2. The van der Waals surface area contributed by atoms with Crippen LogP contribution in [0.5, 0.6) is 11.5 Å². The lowest BCUT2D eigenvalue weighted by Crippen LogP contribution is -2.20. The first-order chi connectivity index (χ1) is 12.5. The lowest BCUT2D eigenvalue weighted by molar-refractivity contribution is -0.118. The number of nitrogens with one attached hydrogen (secondary N) is 1. The van der Waals surface area contributed by atoms with E-state index in [4.69, 9.17) is 9.47 Å². The Morgan fingerprint density at radius 3 is 2.65 bits per heavy atom. The molecule has 0 saturated heterocycles. The molecule has 0 bridgehead atoms. The van der Waals surface area contributed by atoms with Gasteiger partial charge in [-0.2, -0.15) is 0 Å². The summed E-state index contributed by atoms with van der Waals surface area (Å²) < 4.78 is 36.9. The minimum absolute atomic E-state index is 0.148. The van der Waals surface area contributed by atoms with Crippen molar-refractivity contribution in [3.63, 3.8) is 0 Å². The molecule has 0 atom stereocenters. The second-order valence-electron chi connectivity index (χ2n) is 5.61. The van der Waals surface area contributed by atoms with Gasteiger partial charge in [-0.15, -0.1) is 0 Å². The van der Waals surface area contributed by atoms with Crippen LogP contribution in [0.3, 0.4) is 0 Å². The average Bonchev–Trinajstić information content (AvgIpc) is 2.62. The fourth-order valence-corrected chi connectivity index (χ4v) is 2.46. The van der Waals surface area contributed by atoms with Gasteiger partial charge in [-0.25, -0.2) is 8.78 Å². The number of rotatable bonds is 5. The molecule has 26 heavy (non-hydrogen) atoms. The second-order valence-corrected chi connectivity index (χ2v) is 5.61. The van der Waals surface area contributed by atoms with Crippen molar-refractivity contribution in [1.29, 1.82) is 0 Å². The molecular weight excluding hydrogens is 342 g/mol. The third-order valence-corrected chi connectivity index (χ3v) is 3.67. The smallest absolute Gasteiger partial charge is 0.262 e. The van der Waals surface area contributed by atoms with E-state index in [9.17, 15) is 13.6 Å². The highest BCUT2D eigenvalue weighted by Gasteiger charge is 2.11. The number of hydrogen-bond acceptors (Lipinski definition) is 4. The Balaban J connectivity index is 1.76. The largest absolute Gasteiger partial charge is 0.497 e. The third kappa shape index (κ3) is 3.88. The fourth-order valence-electron chi connectivity index (χ4n) is 2.46. The molecule has 3 aromatic rings. The number of methoxy groups -OCH3 is 1. The zero-order valence-electron chi connectivity index (χ0n) is 14.2. The van der Waals surface area contributed by atoms with Crippen LogP contribution in [0, 0.1) is 18.6 Å². The van der Waals surface area contributed by atoms with Gasteiger partial charge in [0.2, 0.25) is 0 Å². The highest BCUT2D eigenvalue weighted by atomic mass is 19.2. The molecule has 5 nitrogen and oxygen atoms in total. The molecule has 0 unspecified atom stereocenters. The molecule has 1 aromatic heterocycles. The predicted molar refractivity (Wildman–Crippen MR) is 93.5 cm³/mol. The number of aromatic nitrogens is 1. The van der Waals surface area contributed by atoms with E-state index in [1.165, 1.54) is 6.07 Å². The van der Waals surface area contributed by atoms with Gasteiger partial charge in [0.1, 0.15) is 11.5 Å². The van der Waals surface area contributed by atoms with Crippen LogP contribution in [0.25, 0.3) is 10.9 Å². The molecule has 0 radical (unpaired) electrons. The number of carbonyl (C=O) groups is 1. The predicted octanol–water partition coefficient (Wildman–Crippen LogP) is 3.85. The normalized spacial score (nSPS) is 10.6. The number of fused-ring (bicyclic) bond motifs is 1. The van der Waals surface area contributed by atoms with Gasteiger partial charge in [-0.05, 0) is 37.3 Å². The molecule has 0 aliphatic carbocycles. The van der Waals surface area contributed by atoms with Crippen LogP contribution in [0.2, 0.25) is 0 Å². The summed E-state index contributed by atoms with van der Waals surface area (Å²) in [4.78, 5) is 16.4. The first kappa shape index (κ1) is 17.6. The van der Waals surface area contributed by atoms with E-state index in [0.717, 1.165) is 17.8 Å². The number of halogens is 2. The number of anilines is 1. The maximum Gasteiger partial charge on any atom is 0.262 e. The van der Waals surface area contributed by atoms with Crippen LogP contribution in [0.15, 0.2) is 42.5 Å². The Labute approximate surface area is 148 Å². The Morgan fingerprint density at radius 1 is 1.12 bits per heavy atom. The molecule has 1 N–H and O–H groups in total. The van der Waals surface area contributed by atoms with Gasteiger partial charge in [-0.1, -0.05) is 0 Å². The molecule has 0 spiro atoms. The standard InChI is InChI=1S/C19H16F2N2O3/c1-11-7-18(14-9-13(25-2)4-6-17(14)22-11)26-10-19(24)23-12-3-5-15(20)16(21)8-12/h3-9H,10H2,1-2H3,(H,23,24). The van der Waals surface area contributed by atoms with Crippen LogP contribution < -0.4 is 14.8 Å². The van der Waals surface area contributed by atoms with E-state index in [2.05, 4.69) is 10.3 Å². The maximum absolute atomic E-state index is 13.2. The van der Waals surface area contributed by atoms with Crippen molar-refractivity contribution >= 4 is 22.5 Å². The summed E-state index contributed by atoms with van der Waals surface area (Å²) in [5.74, 6) is -1.40. The highest BCUT2D eigenvalue weighted by Crippen LogP contribution is 2.29. The number of carbonyl (C=O) groups excluding carboxylic acids is 1. The number of pyridine rings is 1. The van der Waals surface area contributed by atoms with E-state index >= 15 is 0 Å². The van der Waals surface area contributed by atoms with Crippen LogP contribution in [-0.4, -0.2) is 24.6 Å². The summed E-state index contributed by atoms with van der Waals surface area (Å²) in [7, 11) is 1.55. The number of hydrogen-bond donors (Lipinski definition) is 1. The van der Waals surface area contributed by atoms with Crippen molar-refractivity contribution in [2.24, 2.45) is 0 Å². The SMILES string of the molecule is COc1ccc2nc(C)cc(OCC(=O)Nc3ccc(F)c(F)c3)c2c1. The van der Waals surface area contributed by atoms with Gasteiger partial charge in [-0.3, -0.25) is 9.78 Å². The minimum Gasteiger partial charge on any atom is -0.497 e. The molecule has 0 aliphatic rings. The van der Waals surface area contributed by atoms with Gasteiger partial charge in [0, 0.05) is 28.9 Å². The van der Waals surface area contributed by atoms with Crippen molar-refractivity contribution in [1.82, 2.24) is 4.98 Å². The van der Waals surface area contributed by atoms with E-state index in [1.807, 2.05) is 6.92 Å². The molecule has 0 aliphatic heterocycles. The Bertz CT molecular complexity index is 976. The molecular formula is C19H16F2N2O3. The van der Waals surface area contributed by atoms with Crippen molar-refractivity contribution in [3.8, 4) is 11.5 Å². The van der Waals surface area contributed by atoms with Crippen molar-refractivity contribution in [2.75, 3.05) is 19.0 Å². The summed E-state index contributed by atoms with van der Waals surface area (Å²) >= 11 is 0. The monoisotopic (exact) mass is 358 g/mol. The molecule has 2 aromatic carbocycles. The average molecular weight is 358 g/mol. The Kier molecular flexibility index (Phi) is 4.97. The van der Waals surface area contributed by atoms with Crippen molar-refractivity contribution in [3.05, 3.63) is 59.8 Å². The summed E-state index contributed by atoms with van der Waals surface area (Å²) in [5, 5.41) is 3.16. The molecule has 0 saturated carbocycles. The van der Waals surface area contributed by atoms with Gasteiger partial charge in [0.05, 0.1) is 12.6 Å². The Hall–Kier alpha value is -3.22. The van der Waals surface area contributed by atoms with Crippen LogP contribution in [-0.2, 0) is 4.79 Å². The zero-order valence-corrected chi connectivity index (χ0v) is 14.2.